The highest BCUT2D eigenvalue weighted by Crippen LogP contribution is 2.15. The van der Waals surface area contributed by atoms with Crippen molar-refractivity contribution in [3.8, 4) is 0 Å². The molecule has 0 nitrogen and oxygen atoms in total. The van der Waals surface area contributed by atoms with Crippen LogP contribution in [0.5, 0.6) is 0 Å². The van der Waals surface area contributed by atoms with Crippen molar-refractivity contribution in [3.63, 3.8) is 0 Å². The smallest absolute Gasteiger partial charge is 0.0283 e. The number of alkyl halides is 1. The van der Waals surface area contributed by atoms with Crippen molar-refractivity contribution in [3.05, 3.63) is 35.4 Å². The molecule has 0 saturated carbocycles. The molecule has 11 heavy (non-hydrogen) atoms. The molecule has 0 atom stereocenters. The lowest BCUT2D eigenvalue weighted by Crippen LogP contribution is -1.86. The summed E-state index contributed by atoms with van der Waals surface area (Å²) in [7, 11) is 0. The fraction of sp³-hybridized carbons (Fsp3) is 0.400. The van der Waals surface area contributed by atoms with Crippen LogP contribution in [0.1, 0.15) is 30.9 Å². The Morgan fingerprint density at radius 1 is 1.18 bits per heavy atom. The lowest BCUT2D eigenvalue weighted by atomic mass is 10.0. The van der Waals surface area contributed by atoms with E-state index in [0.717, 1.165) is 5.33 Å². The summed E-state index contributed by atoms with van der Waals surface area (Å²) in [5.74, 6) is 0.638. The number of benzene rings is 1. The van der Waals surface area contributed by atoms with Gasteiger partial charge in [0.05, 0.1) is 0 Å². The molecule has 0 aliphatic rings. The van der Waals surface area contributed by atoms with E-state index < -0.39 is 0 Å². The van der Waals surface area contributed by atoms with Gasteiger partial charge in [-0.1, -0.05) is 54.0 Å². The van der Waals surface area contributed by atoms with Gasteiger partial charge in [0.1, 0.15) is 0 Å². The van der Waals surface area contributed by atoms with Gasteiger partial charge in [-0.25, -0.2) is 0 Å². The molecule has 0 radical (unpaired) electrons. The van der Waals surface area contributed by atoms with Crippen LogP contribution in [0.3, 0.4) is 0 Å². The molecule has 60 valence electrons. The van der Waals surface area contributed by atoms with Crippen LogP contribution in [0, 0.1) is 0 Å². The predicted octanol–water partition coefficient (Wildman–Crippen LogP) is 3.70. The fourth-order valence-electron chi connectivity index (χ4n) is 0.992. The molecule has 0 N–H and O–H groups in total. The number of rotatable bonds is 2. The average molecular weight is 213 g/mol. The summed E-state index contributed by atoms with van der Waals surface area (Å²) in [6, 6.07) is 8.73. The van der Waals surface area contributed by atoms with E-state index >= 15 is 0 Å². The summed E-state index contributed by atoms with van der Waals surface area (Å²) in [5.41, 5.74) is 2.75. The predicted molar refractivity (Wildman–Crippen MR) is 53.2 cm³/mol. The third kappa shape index (κ3) is 2.33. The second-order valence-corrected chi connectivity index (χ2v) is 3.59. The minimum Gasteiger partial charge on any atom is -0.0876 e. The fourth-order valence-corrected chi connectivity index (χ4v) is 1.37. The van der Waals surface area contributed by atoms with Gasteiger partial charge in [-0.2, -0.15) is 0 Å². The van der Waals surface area contributed by atoms with Crippen LogP contribution < -0.4 is 0 Å². The monoisotopic (exact) mass is 212 g/mol. The molecule has 0 aliphatic heterocycles. The Kier molecular flexibility index (Phi) is 3.13. The van der Waals surface area contributed by atoms with E-state index in [2.05, 4.69) is 54.0 Å². The molecule has 0 bridgehead atoms. The molecule has 0 saturated heterocycles. The van der Waals surface area contributed by atoms with E-state index in [1.165, 1.54) is 11.1 Å². The minimum absolute atomic E-state index is 0.638. The second kappa shape index (κ2) is 3.91. The first-order chi connectivity index (χ1) is 5.24. The lowest BCUT2D eigenvalue weighted by molar-refractivity contribution is 0.866. The Morgan fingerprint density at radius 2 is 1.73 bits per heavy atom. The Balaban J connectivity index is 2.83. The van der Waals surface area contributed by atoms with Gasteiger partial charge in [0, 0.05) is 5.33 Å². The molecule has 0 amide bonds. The highest BCUT2D eigenvalue weighted by Gasteiger charge is 1.96. The number of halogens is 1. The van der Waals surface area contributed by atoms with Gasteiger partial charge in [0.25, 0.3) is 0 Å². The molecule has 0 fully saturated rings. The Morgan fingerprint density at radius 3 is 2.09 bits per heavy atom. The van der Waals surface area contributed by atoms with Crippen molar-refractivity contribution in [2.24, 2.45) is 0 Å². The van der Waals surface area contributed by atoms with E-state index in [4.69, 9.17) is 0 Å². The van der Waals surface area contributed by atoms with Crippen LogP contribution in [-0.2, 0) is 5.33 Å². The van der Waals surface area contributed by atoms with Crippen molar-refractivity contribution in [1.82, 2.24) is 0 Å². The maximum atomic E-state index is 3.42. The zero-order chi connectivity index (χ0) is 8.27. The van der Waals surface area contributed by atoms with E-state index in [1.54, 1.807) is 0 Å². The van der Waals surface area contributed by atoms with E-state index in [0.29, 0.717) is 5.92 Å². The molecular formula is C10H13Br. The number of hydrogen-bond donors (Lipinski definition) is 0. The average Bonchev–Trinajstić information content (AvgIpc) is 2.05. The summed E-state index contributed by atoms with van der Waals surface area (Å²) in [6.07, 6.45) is 0. The summed E-state index contributed by atoms with van der Waals surface area (Å²) in [4.78, 5) is 0. The number of hydrogen-bond acceptors (Lipinski definition) is 0. The van der Waals surface area contributed by atoms with Crippen LogP contribution >= 0.6 is 15.9 Å². The molecule has 0 aromatic heterocycles. The van der Waals surface area contributed by atoms with Crippen LogP contribution in [0.15, 0.2) is 24.3 Å². The summed E-state index contributed by atoms with van der Waals surface area (Å²) in [6.45, 7) is 4.42. The van der Waals surface area contributed by atoms with Crippen LogP contribution in [0.2, 0.25) is 0 Å². The van der Waals surface area contributed by atoms with Gasteiger partial charge < -0.3 is 0 Å². The maximum Gasteiger partial charge on any atom is 0.0283 e. The van der Waals surface area contributed by atoms with Gasteiger partial charge in [0.15, 0.2) is 0 Å². The van der Waals surface area contributed by atoms with Gasteiger partial charge in [-0.3, -0.25) is 0 Å². The molecule has 0 heterocycles. The molecule has 0 aliphatic carbocycles. The highest BCUT2D eigenvalue weighted by atomic mass is 79.9. The molecule has 1 aromatic carbocycles. The van der Waals surface area contributed by atoms with Crippen molar-refractivity contribution < 1.29 is 0 Å². The topological polar surface area (TPSA) is 0 Å². The molecule has 0 spiro atoms. The summed E-state index contributed by atoms with van der Waals surface area (Å²) < 4.78 is 0. The van der Waals surface area contributed by atoms with Crippen LogP contribution in [0.25, 0.3) is 0 Å². The molecule has 0 unspecified atom stereocenters. The van der Waals surface area contributed by atoms with Gasteiger partial charge in [-0.05, 0) is 17.0 Å². The van der Waals surface area contributed by atoms with Crippen LogP contribution in [-0.4, -0.2) is 0 Å². The normalized spacial score (nSPS) is 10.5. The quantitative estimate of drug-likeness (QED) is 0.657. The maximum absolute atomic E-state index is 3.42. The van der Waals surface area contributed by atoms with Gasteiger partial charge in [0.2, 0.25) is 0 Å². The van der Waals surface area contributed by atoms with E-state index in [-0.39, 0.29) is 0 Å². The van der Waals surface area contributed by atoms with Crippen molar-refractivity contribution in [2.45, 2.75) is 25.1 Å². The first-order valence-corrected chi connectivity index (χ1v) is 5.01. The van der Waals surface area contributed by atoms with Gasteiger partial charge >= 0.3 is 0 Å². The lowest BCUT2D eigenvalue weighted by Gasteiger charge is -2.04. The van der Waals surface area contributed by atoms with Crippen molar-refractivity contribution in [1.29, 1.82) is 0 Å². The molecule has 1 heteroatoms. The van der Waals surface area contributed by atoms with E-state index in [1.807, 2.05) is 0 Å². The van der Waals surface area contributed by atoms with Crippen molar-refractivity contribution >= 4 is 15.9 Å². The molecule has 1 aromatic rings. The van der Waals surface area contributed by atoms with Gasteiger partial charge in [-0.15, -0.1) is 0 Å². The Hall–Kier alpha value is -0.300. The molecule has 1 rings (SSSR count). The van der Waals surface area contributed by atoms with Crippen molar-refractivity contribution in [2.75, 3.05) is 0 Å². The Labute approximate surface area is 76.8 Å². The zero-order valence-corrected chi connectivity index (χ0v) is 8.56. The zero-order valence-electron chi connectivity index (χ0n) is 6.97. The third-order valence-corrected chi connectivity index (χ3v) is 2.45. The second-order valence-electron chi connectivity index (χ2n) is 3.03. The summed E-state index contributed by atoms with van der Waals surface area (Å²) >= 11 is 3.42. The SMILES string of the molecule is CC(C)c1ccc(CBr)cc1. The first-order valence-electron chi connectivity index (χ1n) is 3.89. The van der Waals surface area contributed by atoms with Crippen LogP contribution in [0.4, 0.5) is 0 Å². The summed E-state index contributed by atoms with van der Waals surface area (Å²) in [5, 5.41) is 0.950. The first kappa shape index (κ1) is 8.79. The standard InChI is InChI=1S/C10H13Br/c1-8(2)10-5-3-9(7-11)4-6-10/h3-6,8H,7H2,1-2H3. The molecular weight excluding hydrogens is 200 g/mol. The highest BCUT2D eigenvalue weighted by molar-refractivity contribution is 9.08. The third-order valence-electron chi connectivity index (χ3n) is 1.80. The minimum atomic E-state index is 0.638. The Bertz CT molecular complexity index is 211. The largest absolute Gasteiger partial charge is 0.0876 e. The van der Waals surface area contributed by atoms with E-state index in [9.17, 15) is 0 Å².